The number of ether oxygens (including phenoxy) is 1. The van der Waals surface area contributed by atoms with Crippen LogP contribution in [-0.4, -0.2) is 45.1 Å². The van der Waals surface area contributed by atoms with Crippen LogP contribution in [0.15, 0.2) is 48.5 Å². The third-order valence-corrected chi connectivity index (χ3v) is 5.07. The molecule has 2 N–H and O–H groups in total. The van der Waals surface area contributed by atoms with E-state index in [0.29, 0.717) is 23.8 Å². The lowest BCUT2D eigenvalue weighted by Crippen LogP contribution is -2.43. The zero-order chi connectivity index (χ0) is 20.6. The van der Waals surface area contributed by atoms with Gasteiger partial charge < -0.3 is 15.4 Å². The first-order valence-electron chi connectivity index (χ1n) is 9.76. The summed E-state index contributed by atoms with van der Waals surface area (Å²) in [4.78, 5) is 26.8. The molecule has 154 valence electrons. The number of piperidine rings is 1. The molecular formula is C22H26FN3O3. The molecule has 1 heterocycles. The smallest absolute Gasteiger partial charge is 0.258 e. The number of methoxy groups -OCH3 is 1. The topological polar surface area (TPSA) is 70.7 Å². The largest absolute Gasteiger partial charge is 0.497 e. The van der Waals surface area contributed by atoms with Crippen molar-refractivity contribution < 1.29 is 18.7 Å². The van der Waals surface area contributed by atoms with E-state index < -0.39 is 11.7 Å². The number of benzene rings is 2. The third-order valence-electron chi connectivity index (χ3n) is 5.07. The van der Waals surface area contributed by atoms with Gasteiger partial charge in [0.1, 0.15) is 18.1 Å². The molecule has 1 aliphatic rings. The van der Waals surface area contributed by atoms with Gasteiger partial charge in [-0.1, -0.05) is 12.1 Å². The first-order chi connectivity index (χ1) is 14.1. The summed E-state index contributed by atoms with van der Waals surface area (Å²) >= 11 is 0. The average molecular weight is 399 g/mol. The molecule has 29 heavy (non-hydrogen) atoms. The number of amides is 2. The molecule has 2 aromatic carbocycles. The molecule has 6 nitrogen and oxygen atoms in total. The first-order valence-corrected chi connectivity index (χ1v) is 9.76. The van der Waals surface area contributed by atoms with Gasteiger partial charge in [-0.2, -0.15) is 0 Å². The lowest BCUT2D eigenvalue weighted by Gasteiger charge is -2.25. The Kier molecular flexibility index (Phi) is 7.19. The predicted molar refractivity (Wildman–Crippen MR) is 110 cm³/mol. The Balaban J connectivity index is 1.74. The highest BCUT2D eigenvalue weighted by molar-refractivity contribution is 6.08. The van der Waals surface area contributed by atoms with Crippen LogP contribution >= 0.6 is 0 Å². The Bertz CT molecular complexity index is 835. The number of halogens is 1. The van der Waals surface area contributed by atoms with E-state index in [1.807, 2.05) is 0 Å². The number of para-hydroxylation sites is 1. The van der Waals surface area contributed by atoms with Crippen LogP contribution in [0.4, 0.5) is 10.1 Å². The van der Waals surface area contributed by atoms with Crippen molar-refractivity contribution in [1.29, 1.82) is 0 Å². The van der Waals surface area contributed by atoms with E-state index in [2.05, 4.69) is 10.6 Å². The fraction of sp³-hybridized carbons (Fsp3) is 0.364. The van der Waals surface area contributed by atoms with Gasteiger partial charge in [0.05, 0.1) is 12.8 Å². The highest BCUT2D eigenvalue weighted by Crippen LogP contribution is 2.22. The van der Waals surface area contributed by atoms with Crippen LogP contribution in [0.25, 0.3) is 0 Å². The van der Waals surface area contributed by atoms with Crippen molar-refractivity contribution in [2.75, 3.05) is 38.2 Å². The predicted octanol–water partition coefficient (Wildman–Crippen LogP) is 2.60. The molecule has 1 fully saturated rings. The zero-order valence-electron chi connectivity index (χ0n) is 16.5. The molecule has 0 atom stereocenters. The van der Waals surface area contributed by atoms with Crippen LogP contribution < -0.4 is 20.3 Å². The molecule has 3 rings (SSSR count). The van der Waals surface area contributed by atoms with Crippen LogP contribution in [-0.2, 0) is 4.79 Å². The van der Waals surface area contributed by atoms with Gasteiger partial charge in [-0.15, -0.1) is 0 Å². The number of rotatable bonds is 7. The summed E-state index contributed by atoms with van der Waals surface area (Å²) in [5.74, 6) is -0.290. The van der Waals surface area contributed by atoms with Crippen LogP contribution in [0.5, 0.6) is 5.75 Å². The summed E-state index contributed by atoms with van der Waals surface area (Å²) in [5, 5.41) is 6.18. The Hall–Kier alpha value is -2.93. The van der Waals surface area contributed by atoms with E-state index in [1.54, 1.807) is 36.4 Å². The molecule has 0 aliphatic carbocycles. The molecule has 0 spiro atoms. The molecule has 0 aromatic heterocycles. The van der Waals surface area contributed by atoms with Crippen molar-refractivity contribution in [1.82, 2.24) is 10.6 Å². The number of hydrogen-bond donors (Lipinski definition) is 2. The normalized spacial score (nSPS) is 14.3. The Morgan fingerprint density at radius 1 is 1.14 bits per heavy atom. The van der Waals surface area contributed by atoms with Gasteiger partial charge in [0.2, 0.25) is 5.91 Å². The summed E-state index contributed by atoms with van der Waals surface area (Å²) in [6.45, 7) is 2.19. The summed E-state index contributed by atoms with van der Waals surface area (Å²) in [6.07, 6.45) is 2.00. The number of nitrogens with one attached hydrogen (secondary N) is 2. The molecule has 0 unspecified atom stereocenters. The van der Waals surface area contributed by atoms with Crippen molar-refractivity contribution in [3.05, 3.63) is 59.9 Å². The lowest BCUT2D eigenvalue weighted by molar-refractivity contribution is -0.119. The van der Waals surface area contributed by atoms with Crippen molar-refractivity contribution in [3.63, 3.8) is 0 Å². The van der Waals surface area contributed by atoms with Gasteiger partial charge in [0.15, 0.2) is 0 Å². The van der Waals surface area contributed by atoms with Gasteiger partial charge in [0, 0.05) is 12.1 Å². The van der Waals surface area contributed by atoms with Gasteiger partial charge in [-0.25, -0.2) is 4.39 Å². The second-order valence-corrected chi connectivity index (χ2v) is 7.07. The van der Waals surface area contributed by atoms with Crippen molar-refractivity contribution >= 4 is 17.5 Å². The zero-order valence-corrected chi connectivity index (χ0v) is 16.5. The Morgan fingerprint density at radius 3 is 2.48 bits per heavy atom. The van der Waals surface area contributed by atoms with Crippen LogP contribution in [0.2, 0.25) is 0 Å². The number of carbonyl (C=O) groups is 2. The summed E-state index contributed by atoms with van der Waals surface area (Å²) in [5.41, 5.74) is 0.422. The molecule has 0 bridgehead atoms. The molecule has 7 heteroatoms. The van der Waals surface area contributed by atoms with E-state index >= 15 is 0 Å². The minimum absolute atomic E-state index is 0.0744. The van der Waals surface area contributed by atoms with E-state index in [9.17, 15) is 14.0 Å². The van der Waals surface area contributed by atoms with Gasteiger partial charge in [0.25, 0.3) is 5.91 Å². The highest BCUT2D eigenvalue weighted by atomic mass is 19.1. The summed E-state index contributed by atoms with van der Waals surface area (Å²) in [7, 11) is 1.54. The molecule has 2 aromatic rings. The highest BCUT2D eigenvalue weighted by Gasteiger charge is 2.24. The maximum atomic E-state index is 14.4. The van der Waals surface area contributed by atoms with E-state index in [0.717, 1.165) is 25.9 Å². The molecule has 1 saturated heterocycles. The fourth-order valence-corrected chi connectivity index (χ4v) is 3.37. The number of carbonyl (C=O) groups excluding carboxylic acids is 2. The minimum atomic E-state index is -0.555. The third kappa shape index (κ3) is 5.54. The van der Waals surface area contributed by atoms with E-state index in [-0.39, 0.29) is 18.1 Å². The molecular weight excluding hydrogens is 373 g/mol. The second-order valence-electron chi connectivity index (χ2n) is 7.07. The van der Waals surface area contributed by atoms with E-state index in [4.69, 9.17) is 4.74 Å². The first kappa shape index (κ1) is 20.8. The molecule has 0 saturated carbocycles. The Morgan fingerprint density at radius 2 is 1.83 bits per heavy atom. The van der Waals surface area contributed by atoms with Crippen molar-refractivity contribution in [2.24, 2.45) is 5.92 Å². The maximum absolute atomic E-state index is 14.4. The SMILES string of the molecule is COc1ccc(C(=O)N(CC(=O)NCC2CCNCC2)c2ccccc2F)cc1. The lowest BCUT2D eigenvalue weighted by atomic mass is 9.98. The van der Waals surface area contributed by atoms with Gasteiger partial charge >= 0.3 is 0 Å². The number of hydrogen-bond acceptors (Lipinski definition) is 4. The monoisotopic (exact) mass is 399 g/mol. The van der Waals surface area contributed by atoms with Crippen molar-refractivity contribution in [3.8, 4) is 5.75 Å². The standard InChI is InChI=1S/C22H26FN3O3/c1-29-18-8-6-17(7-9-18)22(28)26(20-5-3-2-4-19(20)23)15-21(27)25-14-16-10-12-24-13-11-16/h2-9,16,24H,10-15H2,1H3,(H,25,27). The molecule has 0 radical (unpaired) electrons. The number of nitrogens with zero attached hydrogens (tertiary/aromatic N) is 1. The maximum Gasteiger partial charge on any atom is 0.258 e. The van der Waals surface area contributed by atoms with Gasteiger partial charge in [-0.3, -0.25) is 14.5 Å². The van der Waals surface area contributed by atoms with Crippen LogP contribution in [0, 0.1) is 11.7 Å². The second kappa shape index (κ2) is 10.0. The average Bonchev–Trinajstić information content (AvgIpc) is 2.77. The van der Waals surface area contributed by atoms with Crippen molar-refractivity contribution in [2.45, 2.75) is 12.8 Å². The quantitative estimate of drug-likeness (QED) is 0.751. The Labute approximate surface area is 170 Å². The fourth-order valence-electron chi connectivity index (χ4n) is 3.37. The molecule has 2 amide bonds. The van der Waals surface area contributed by atoms with E-state index in [1.165, 1.54) is 24.1 Å². The van der Waals surface area contributed by atoms with Crippen LogP contribution in [0.3, 0.4) is 0 Å². The van der Waals surface area contributed by atoms with Crippen LogP contribution in [0.1, 0.15) is 23.2 Å². The van der Waals surface area contributed by atoms with Gasteiger partial charge in [-0.05, 0) is 68.2 Å². The summed E-state index contributed by atoms with van der Waals surface area (Å²) in [6, 6.07) is 12.5. The number of anilines is 1. The minimum Gasteiger partial charge on any atom is -0.497 e. The molecule has 1 aliphatic heterocycles. The summed E-state index contributed by atoms with van der Waals surface area (Å²) < 4.78 is 19.5.